The summed E-state index contributed by atoms with van der Waals surface area (Å²) in [7, 11) is 2.01. The fourth-order valence-electron chi connectivity index (χ4n) is 20.4. The molecule has 0 aliphatic carbocycles. The number of nitrogens with zero attached hydrogens (tertiary/aromatic N) is 9. The van der Waals surface area contributed by atoms with Crippen LogP contribution >= 0.6 is 10.5 Å². The second kappa shape index (κ2) is 58.4. The summed E-state index contributed by atoms with van der Waals surface area (Å²) in [5.41, 5.74) is 4.46. The standard InChI is InChI=1S/C24H31N3O.C22H29N3O2.C22H28N2O3.C19H22N2O2.C18H19NO3.C18H21NOS.2CH4/c1-20(26-12-5-2-6-13-26)27-17-15-25(16-18-27)14-11-24(28)23-10-9-21-7-3-4-8-22(21)19-23;1-22(2,3)23-21(27)25-14-12-24(13-15-25)11-10-20(26)19-9-8-17-6-4-5-7-18(17)16-19;1-2-27-22(26)23-16-17-9-12-24(13-10-17)14-11-21(25)20-8-7-18-5-3-4-6-19(18)15-20;1-20-19(23)17-7-4-11-21(17)12-10-18(22)16-9-8-14-5-2-3-6-15(14)13-16;20-17(9-11-19-10-3-6-16(19)18(21)22)15-8-7-13-4-1-2-5-14(13)12-15;1-21-12-10-19(11-13-21)9-8-18(20)17-7-6-15-4-2-3-5-16(15)14-17;;/h3-4,7-10,19H,1-2,5-6,11-18H2;4-9,16H,10-15H2,1-3H3,(H,23,27);3-8,15,17H,2,9-14,16H2,1H3,(H,23,26);2-3,5-6,8-9,13,17H,4,7,10-12H2,1H3,(H,20,23);1-2,4-5,7-8,12,16H,3,6,9-11H2,(H,21,22);2-7,14H,1,8-13H2;2*1H4/t;;;17-;16-;;;/m...00.../s1. The number of alkyl carbamates (subject to hydrolysis) is 1. The van der Waals surface area contributed by atoms with Gasteiger partial charge in [0.1, 0.15) is 6.04 Å². The second-order valence-electron chi connectivity index (χ2n) is 40.8. The second-order valence-corrected chi connectivity index (χ2v) is 42.8. The Kier molecular flexibility index (Phi) is 45.1. The molecule has 12 aromatic rings. The van der Waals surface area contributed by atoms with Gasteiger partial charge in [-0.1, -0.05) is 246 Å². The third-order valence-corrected chi connectivity index (χ3v) is 30.9. The van der Waals surface area contributed by atoms with Crippen LogP contribution in [0.3, 0.4) is 0 Å². The number of rotatable bonds is 31. The highest BCUT2D eigenvalue weighted by atomic mass is 32.2. The summed E-state index contributed by atoms with van der Waals surface area (Å²) in [5, 5.41) is 31.3. The first-order valence-corrected chi connectivity index (χ1v) is 55.0. The lowest BCUT2D eigenvalue weighted by Crippen LogP contribution is -2.55. The maximum atomic E-state index is 12.7. The van der Waals surface area contributed by atoms with Crippen LogP contribution in [0.2, 0.25) is 0 Å². The van der Waals surface area contributed by atoms with Crippen molar-refractivity contribution in [3.8, 4) is 0 Å². The van der Waals surface area contributed by atoms with Crippen LogP contribution in [0, 0.1) is 5.92 Å². The maximum Gasteiger partial charge on any atom is 0.407 e. The Balaban J connectivity index is 0.000000160. The van der Waals surface area contributed by atoms with Gasteiger partial charge in [0, 0.05) is 220 Å². The molecule has 25 heteroatoms. The van der Waals surface area contributed by atoms with E-state index in [0.717, 1.165) is 232 Å². The summed E-state index contributed by atoms with van der Waals surface area (Å²) in [6.07, 6.45) is 12.2. The van der Waals surface area contributed by atoms with Gasteiger partial charge < -0.3 is 50.3 Å². The molecule has 0 aromatic heterocycles. The number of ether oxygens (including phenoxy) is 1. The monoisotopic (exact) mass is 2050 g/mol. The molecule has 796 valence electrons. The molecule has 0 spiro atoms. The van der Waals surface area contributed by atoms with E-state index in [4.69, 9.17) is 9.84 Å². The van der Waals surface area contributed by atoms with Crippen LogP contribution in [-0.2, 0) is 14.3 Å². The molecule has 19 rings (SSSR count). The Labute approximate surface area is 890 Å². The summed E-state index contributed by atoms with van der Waals surface area (Å²) >= 11 is 0. The first-order chi connectivity index (χ1) is 71.7. The number of urea groups is 1. The molecule has 24 nitrogen and oxygen atoms in total. The molecule has 4 N–H and O–H groups in total. The van der Waals surface area contributed by atoms with Crippen molar-refractivity contribution in [2.45, 2.75) is 156 Å². The van der Waals surface area contributed by atoms with Crippen LogP contribution in [0.5, 0.6) is 0 Å². The molecule has 150 heavy (non-hydrogen) atoms. The number of carbonyl (C=O) groups is 10. The van der Waals surface area contributed by atoms with E-state index in [9.17, 15) is 47.9 Å². The number of piperazine rings is 2. The minimum absolute atomic E-state index is 0. The Morgan fingerprint density at radius 2 is 0.647 bits per heavy atom. The average molecular weight is 2050 g/mol. The van der Waals surface area contributed by atoms with Crippen molar-refractivity contribution >= 4 is 140 Å². The smallest absolute Gasteiger partial charge is 0.407 e. The van der Waals surface area contributed by atoms with Crippen LogP contribution in [-0.4, -0.2) is 307 Å². The van der Waals surface area contributed by atoms with Crippen LogP contribution in [0.25, 0.3) is 64.6 Å². The zero-order valence-corrected chi connectivity index (χ0v) is 88.1. The number of amides is 4. The van der Waals surface area contributed by atoms with Crippen molar-refractivity contribution < 1.29 is 57.8 Å². The average Bonchev–Trinajstić information content (AvgIpc) is 1.08. The van der Waals surface area contributed by atoms with Gasteiger partial charge in [0.15, 0.2) is 34.7 Å². The van der Waals surface area contributed by atoms with Gasteiger partial charge in [0.25, 0.3) is 0 Å². The SMILES string of the molecule is C.C.C=C(N1CCCCC1)N1CCN(CCC(=O)c2ccc3ccccc3c2)CC1.C=S1CCN(CCC(=O)c2ccc3ccccc3c2)CC1.CC(C)(C)NC(=O)N1CCN(CCC(=O)c2ccc3ccccc3c2)CC1.CCOC(=O)NCC1CCN(CCC(=O)c2ccc3ccccc3c2)CC1.CNC(=O)[C@@H]1CCCN1CCC(=O)c1ccc2ccccc2c1.O=C(CCN1CCC[C@H]1C(=O)O)c1ccc2ccccc2c1. The number of carboxylic acid groups (broad SMARTS) is 1. The van der Waals surface area contributed by atoms with Crippen molar-refractivity contribution in [2.75, 3.05) is 176 Å². The van der Waals surface area contributed by atoms with Gasteiger partial charge in [-0.2, -0.15) is 10.5 Å². The molecule has 0 bridgehead atoms. The molecule has 7 aliphatic heterocycles. The topological polar surface area (TPSA) is 265 Å². The number of hydrogen-bond acceptors (Lipinski definition) is 19. The van der Waals surface area contributed by atoms with Crippen molar-refractivity contribution in [1.82, 2.24) is 60.0 Å². The molecule has 7 aliphatic rings. The van der Waals surface area contributed by atoms with E-state index in [1.807, 2.05) is 249 Å². The number of fused-ring (bicyclic) bond motifs is 6. The number of benzene rings is 12. The number of nitrogens with one attached hydrogen (secondary N) is 3. The van der Waals surface area contributed by atoms with Gasteiger partial charge in [-0.3, -0.25) is 58.0 Å². The van der Waals surface area contributed by atoms with Gasteiger partial charge in [0.05, 0.1) is 18.5 Å². The maximum absolute atomic E-state index is 12.7. The molecule has 4 amide bonds. The Bertz CT molecular complexity index is 6560. The van der Waals surface area contributed by atoms with E-state index >= 15 is 0 Å². The molecule has 7 saturated heterocycles. The van der Waals surface area contributed by atoms with Gasteiger partial charge >= 0.3 is 18.1 Å². The van der Waals surface area contributed by atoms with Gasteiger partial charge in [-0.05, 0) is 219 Å². The highest BCUT2D eigenvalue weighted by molar-refractivity contribution is 8.14. The third kappa shape index (κ3) is 34.8. The fraction of sp³-hybridized carbons (Fsp3) is 0.416. The van der Waals surface area contributed by atoms with Gasteiger partial charge in [-0.25, -0.2) is 9.59 Å². The largest absolute Gasteiger partial charge is 0.480 e. The summed E-state index contributed by atoms with van der Waals surface area (Å²) in [5.74, 6) is 8.55. The minimum atomic E-state index is -0.782. The first-order valence-electron chi connectivity index (χ1n) is 53.3. The van der Waals surface area contributed by atoms with E-state index in [-0.39, 0.29) is 79.2 Å². The number of likely N-dealkylation sites (tertiary alicyclic amines) is 4. The van der Waals surface area contributed by atoms with Gasteiger partial charge in [0.2, 0.25) is 5.91 Å². The Morgan fingerprint density at radius 3 is 0.967 bits per heavy atom. The van der Waals surface area contributed by atoms with E-state index in [0.29, 0.717) is 106 Å². The lowest BCUT2D eigenvalue weighted by molar-refractivity contribution is -0.142. The fourth-order valence-corrected chi connectivity index (χ4v) is 21.7. The predicted molar refractivity (Wildman–Crippen MR) is 616 cm³/mol. The predicted octanol–water partition coefficient (Wildman–Crippen LogP) is 21.7. The number of carboxylic acids is 1. The van der Waals surface area contributed by atoms with Crippen molar-refractivity contribution in [2.24, 2.45) is 5.92 Å². The van der Waals surface area contributed by atoms with Crippen LogP contribution < -0.4 is 16.0 Å². The number of likely N-dealkylation sites (N-methyl/N-ethyl adjacent to an activating group) is 1. The van der Waals surface area contributed by atoms with E-state index < -0.39 is 12.0 Å². The number of aliphatic carboxylic acids is 1. The number of ketones is 6. The molecular formula is C125H158N12O12S. The molecule has 7 fully saturated rings. The molecule has 0 radical (unpaired) electrons. The highest BCUT2D eigenvalue weighted by Crippen LogP contribution is 2.29. The van der Waals surface area contributed by atoms with Crippen molar-refractivity contribution in [3.63, 3.8) is 0 Å². The van der Waals surface area contributed by atoms with E-state index in [1.54, 1.807) is 14.0 Å². The van der Waals surface area contributed by atoms with Crippen LogP contribution in [0.1, 0.15) is 201 Å². The van der Waals surface area contributed by atoms with Crippen LogP contribution in [0.15, 0.2) is 267 Å². The summed E-state index contributed by atoms with van der Waals surface area (Å²) in [6, 6.07) is 83.5. The normalized spacial score (nSPS) is 17.0. The van der Waals surface area contributed by atoms with Crippen molar-refractivity contribution in [3.05, 3.63) is 301 Å². The lowest BCUT2D eigenvalue weighted by Gasteiger charge is -2.42. The van der Waals surface area contributed by atoms with E-state index in [2.05, 4.69) is 99.1 Å². The molecular weight excluding hydrogens is 1890 g/mol. The number of piperidine rings is 2. The molecule has 7 heterocycles. The number of carbonyl (C=O) groups excluding carboxylic acids is 9. The van der Waals surface area contributed by atoms with Crippen LogP contribution in [0.4, 0.5) is 9.59 Å². The van der Waals surface area contributed by atoms with E-state index in [1.165, 1.54) is 47.4 Å². The zero-order valence-electron chi connectivity index (χ0n) is 87.3. The minimum Gasteiger partial charge on any atom is -0.480 e. The molecule has 12 aromatic carbocycles. The summed E-state index contributed by atoms with van der Waals surface area (Å²) in [6.45, 7) is 32.7. The molecule has 0 unspecified atom stereocenters. The van der Waals surface area contributed by atoms with Gasteiger partial charge in [-0.15, -0.1) is 0 Å². The highest BCUT2D eigenvalue weighted by Gasteiger charge is 2.34. The third-order valence-electron chi connectivity index (χ3n) is 29.4. The zero-order chi connectivity index (χ0) is 104. The molecule has 0 saturated carbocycles. The quantitative estimate of drug-likeness (QED) is 0.0232. The van der Waals surface area contributed by atoms with Crippen molar-refractivity contribution in [1.29, 1.82) is 0 Å². The Hall–Kier alpha value is -13.0. The lowest BCUT2D eigenvalue weighted by atomic mass is 9.96. The number of hydrogen-bond donors (Lipinski definition) is 4. The Morgan fingerprint density at radius 1 is 0.353 bits per heavy atom. The summed E-state index contributed by atoms with van der Waals surface area (Å²) < 4.78 is 4.89. The molecule has 2 atom stereocenters. The first kappa shape index (κ1) is 116. The number of Topliss-reactive ketones (excluding diaryl/α,β-unsaturated/α-hetero) is 6. The summed E-state index contributed by atoms with van der Waals surface area (Å²) in [4.78, 5) is 142.